The molecule has 0 saturated heterocycles. The van der Waals surface area contributed by atoms with Crippen molar-refractivity contribution < 1.29 is 4.79 Å². The summed E-state index contributed by atoms with van der Waals surface area (Å²) < 4.78 is 3.40. The fraction of sp³-hybridized carbons (Fsp3) is 0.238. The Morgan fingerprint density at radius 1 is 1.18 bits per heavy atom. The number of aryl methyl sites for hydroxylation is 3. The molecule has 3 heterocycles. The van der Waals surface area contributed by atoms with Crippen molar-refractivity contribution in [3.63, 3.8) is 0 Å². The summed E-state index contributed by atoms with van der Waals surface area (Å²) in [5.41, 5.74) is 3.17. The van der Waals surface area contributed by atoms with Gasteiger partial charge in [-0.3, -0.25) is 9.59 Å². The monoisotopic (exact) mass is 375 g/mol. The highest BCUT2D eigenvalue weighted by Gasteiger charge is 2.15. The minimum atomic E-state index is -0.258. The molecule has 3 aromatic heterocycles. The van der Waals surface area contributed by atoms with Gasteiger partial charge in [-0.15, -0.1) is 0 Å². The number of rotatable bonds is 4. The quantitative estimate of drug-likeness (QED) is 0.594. The third-order valence-corrected chi connectivity index (χ3v) is 4.99. The van der Waals surface area contributed by atoms with Crippen LogP contribution in [-0.4, -0.2) is 25.2 Å². The first kappa shape index (κ1) is 17.9. The summed E-state index contributed by atoms with van der Waals surface area (Å²) in [5, 5.41) is 8.91. The van der Waals surface area contributed by atoms with Crippen molar-refractivity contribution in [1.82, 2.24) is 24.6 Å². The molecule has 28 heavy (non-hydrogen) atoms. The first-order chi connectivity index (χ1) is 13.5. The molecule has 0 aliphatic rings. The minimum absolute atomic E-state index is 0.117. The van der Waals surface area contributed by atoms with Crippen molar-refractivity contribution in [3.8, 4) is 0 Å². The Balaban J connectivity index is 1.62. The molecule has 7 nitrogen and oxygen atoms in total. The number of amides is 1. The standard InChI is InChI=1S/C21H21N5O2/c1-4-26-19-15(12-23-26)10-17(13(2)24-19)20(27)22-11-16-9-14-7-5-6-8-18(14)25(3)21(16)28/h5-10,12H,4,11H2,1-3H3,(H,22,27). The van der Waals surface area contributed by atoms with Crippen LogP contribution in [0.15, 0.2) is 47.4 Å². The molecule has 7 heteroatoms. The number of fused-ring (bicyclic) bond motifs is 2. The molecule has 4 rings (SSSR count). The molecule has 0 atom stereocenters. The maximum Gasteiger partial charge on any atom is 0.255 e. The smallest absolute Gasteiger partial charge is 0.255 e. The van der Waals surface area contributed by atoms with Gasteiger partial charge >= 0.3 is 0 Å². The van der Waals surface area contributed by atoms with Gasteiger partial charge in [-0.1, -0.05) is 18.2 Å². The highest BCUT2D eigenvalue weighted by atomic mass is 16.2. The summed E-state index contributed by atoms with van der Waals surface area (Å²) in [6.07, 6.45) is 1.71. The van der Waals surface area contributed by atoms with Crippen LogP contribution in [0.5, 0.6) is 0 Å². The number of pyridine rings is 2. The summed E-state index contributed by atoms with van der Waals surface area (Å²) >= 11 is 0. The lowest BCUT2D eigenvalue weighted by Crippen LogP contribution is -2.29. The van der Waals surface area contributed by atoms with E-state index >= 15 is 0 Å². The molecule has 0 aliphatic carbocycles. The third-order valence-electron chi connectivity index (χ3n) is 4.99. The molecule has 1 N–H and O–H groups in total. The zero-order valence-electron chi connectivity index (χ0n) is 16.1. The van der Waals surface area contributed by atoms with Crippen LogP contribution in [0, 0.1) is 6.92 Å². The van der Waals surface area contributed by atoms with Gasteiger partial charge in [0, 0.05) is 31.1 Å². The van der Waals surface area contributed by atoms with E-state index in [0.717, 1.165) is 21.9 Å². The van der Waals surface area contributed by atoms with Crippen LogP contribution in [0.2, 0.25) is 0 Å². The average molecular weight is 375 g/mol. The van der Waals surface area contributed by atoms with Gasteiger partial charge in [-0.2, -0.15) is 5.10 Å². The van der Waals surface area contributed by atoms with Gasteiger partial charge < -0.3 is 9.88 Å². The largest absolute Gasteiger partial charge is 0.348 e. The van der Waals surface area contributed by atoms with E-state index in [1.54, 1.807) is 35.5 Å². The molecule has 0 bridgehead atoms. The van der Waals surface area contributed by atoms with Crippen molar-refractivity contribution in [1.29, 1.82) is 0 Å². The second kappa shape index (κ2) is 6.92. The van der Waals surface area contributed by atoms with E-state index in [9.17, 15) is 9.59 Å². The van der Waals surface area contributed by atoms with Gasteiger partial charge in [0.15, 0.2) is 5.65 Å². The van der Waals surface area contributed by atoms with Crippen molar-refractivity contribution in [2.45, 2.75) is 26.9 Å². The van der Waals surface area contributed by atoms with Gasteiger partial charge in [0.2, 0.25) is 0 Å². The van der Waals surface area contributed by atoms with Gasteiger partial charge in [-0.25, -0.2) is 9.67 Å². The molecule has 0 fully saturated rings. The van der Waals surface area contributed by atoms with Crippen molar-refractivity contribution in [2.75, 3.05) is 0 Å². The Morgan fingerprint density at radius 2 is 1.96 bits per heavy atom. The number of benzene rings is 1. The topological polar surface area (TPSA) is 81.8 Å². The van der Waals surface area contributed by atoms with E-state index in [2.05, 4.69) is 15.4 Å². The lowest BCUT2D eigenvalue weighted by atomic mass is 10.1. The summed E-state index contributed by atoms with van der Waals surface area (Å²) in [6, 6.07) is 11.3. The molecule has 1 aromatic carbocycles. The van der Waals surface area contributed by atoms with Gasteiger partial charge in [0.25, 0.3) is 11.5 Å². The summed E-state index contributed by atoms with van der Waals surface area (Å²) in [7, 11) is 1.74. The fourth-order valence-electron chi connectivity index (χ4n) is 3.44. The highest BCUT2D eigenvalue weighted by molar-refractivity contribution is 5.98. The molecular formula is C21H21N5O2. The minimum Gasteiger partial charge on any atom is -0.348 e. The number of hydrogen-bond donors (Lipinski definition) is 1. The molecule has 0 radical (unpaired) electrons. The highest BCUT2D eigenvalue weighted by Crippen LogP contribution is 2.17. The second-order valence-corrected chi connectivity index (χ2v) is 6.77. The summed E-state index contributed by atoms with van der Waals surface area (Å²) in [4.78, 5) is 29.9. The fourth-order valence-corrected chi connectivity index (χ4v) is 3.44. The van der Waals surface area contributed by atoms with Crippen LogP contribution < -0.4 is 10.9 Å². The van der Waals surface area contributed by atoms with Crippen LogP contribution in [0.4, 0.5) is 0 Å². The lowest BCUT2D eigenvalue weighted by molar-refractivity contribution is 0.0950. The SMILES string of the molecule is CCn1ncc2cc(C(=O)NCc3cc4ccccc4n(C)c3=O)c(C)nc21. The predicted molar refractivity (Wildman–Crippen MR) is 108 cm³/mol. The zero-order chi connectivity index (χ0) is 19.8. The second-order valence-electron chi connectivity index (χ2n) is 6.77. The third kappa shape index (κ3) is 2.94. The molecule has 4 aromatic rings. The molecule has 0 saturated carbocycles. The Labute approximate surface area is 161 Å². The van der Waals surface area contributed by atoms with Gasteiger partial charge in [0.05, 0.1) is 23.0 Å². The Hall–Kier alpha value is -3.48. The van der Waals surface area contributed by atoms with Crippen LogP contribution in [0.3, 0.4) is 0 Å². The predicted octanol–water partition coefficient (Wildman–Crippen LogP) is 2.54. The molecule has 0 aliphatic heterocycles. The number of para-hydroxylation sites is 1. The van der Waals surface area contributed by atoms with Crippen molar-refractivity contribution >= 4 is 27.8 Å². The van der Waals surface area contributed by atoms with Crippen LogP contribution >= 0.6 is 0 Å². The summed E-state index contributed by atoms with van der Waals surface area (Å²) in [5.74, 6) is -0.258. The molecule has 1 amide bonds. The number of nitrogens with zero attached hydrogens (tertiary/aromatic N) is 4. The maximum atomic E-state index is 12.7. The maximum absolute atomic E-state index is 12.7. The van der Waals surface area contributed by atoms with E-state index in [1.807, 2.05) is 37.3 Å². The Bertz CT molecular complexity index is 1270. The van der Waals surface area contributed by atoms with E-state index in [0.29, 0.717) is 23.4 Å². The number of carbonyl (C=O) groups is 1. The lowest BCUT2D eigenvalue weighted by Gasteiger charge is -2.11. The first-order valence-electron chi connectivity index (χ1n) is 9.18. The number of hydrogen-bond acceptors (Lipinski definition) is 4. The first-order valence-corrected chi connectivity index (χ1v) is 9.18. The van der Waals surface area contributed by atoms with E-state index < -0.39 is 0 Å². The van der Waals surface area contributed by atoms with Gasteiger partial charge in [-0.05, 0) is 37.4 Å². The number of nitrogens with one attached hydrogen (secondary N) is 1. The van der Waals surface area contributed by atoms with E-state index in [4.69, 9.17) is 0 Å². The molecule has 0 unspecified atom stereocenters. The summed E-state index contributed by atoms with van der Waals surface area (Å²) in [6.45, 7) is 4.67. The van der Waals surface area contributed by atoms with Crippen LogP contribution in [-0.2, 0) is 20.1 Å². The Morgan fingerprint density at radius 3 is 2.75 bits per heavy atom. The van der Waals surface area contributed by atoms with Crippen LogP contribution in [0.25, 0.3) is 21.9 Å². The van der Waals surface area contributed by atoms with Crippen LogP contribution in [0.1, 0.15) is 28.5 Å². The van der Waals surface area contributed by atoms with Crippen molar-refractivity contribution in [2.24, 2.45) is 7.05 Å². The van der Waals surface area contributed by atoms with E-state index in [-0.39, 0.29) is 18.0 Å². The Kier molecular flexibility index (Phi) is 4.43. The number of aromatic nitrogens is 4. The zero-order valence-corrected chi connectivity index (χ0v) is 16.1. The average Bonchev–Trinajstić information content (AvgIpc) is 3.10. The van der Waals surface area contributed by atoms with Gasteiger partial charge in [0.1, 0.15) is 0 Å². The normalized spacial score (nSPS) is 11.2. The number of carbonyl (C=O) groups excluding carboxylic acids is 1. The van der Waals surface area contributed by atoms with Crippen molar-refractivity contribution in [3.05, 3.63) is 69.8 Å². The van der Waals surface area contributed by atoms with E-state index in [1.165, 1.54) is 0 Å². The molecule has 0 spiro atoms. The molecule has 142 valence electrons. The molecular weight excluding hydrogens is 354 g/mol.